The predicted molar refractivity (Wildman–Crippen MR) is 71.2 cm³/mol. The average Bonchev–Trinajstić information content (AvgIpc) is 2.21. The van der Waals surface area contributed by atoms with Crippen LogP contribution in [-0.2, 0) is 12.6 Å². The van der Waals surface area contributed by atoms with Gasteiger partial charge in [-0.05, 0) is 24.2 Å². The van der Waals surface area contributed by atoms with Crippen LogP contribution in [0.3, 0.4) is 0 Å². The van der Waals surface area contributed by atoms with Gasteiger partial charge in [0, 0.05) is 13.2 Å². The lowest BCUT2D eigenvalue weighted by Gasteiger charge is -2.10. The highest BCUT2D eigenvalue weighted by molar-refractivity contribution is 7.89. The molecule has 0 aliphatic heterocycles. The summed E-state index contributed by atoms with van der Waals surface area (Å²) >= 11 is 6.30. The third-order valence-electron chi connectivity index (χ3n) is 2.45. The molecule has 0 heterocycles. The second-order valence-corrected chi connectivity index (χ2v) is 8.89. The molecular formula is C12H19ClNP. The minimum absolute atomic E-state index is 0.900. The molecule has 0 bridgehead atoms. The van der Waals surface area contributed by atoms with E-state index in [9.17, 15) is 0 Å². The van der Waals surface area contributed by atoms with Crippen molar-refractivity contribution in [2.24, 2.45) is 4.74 Å². The van der Waals surface area contributed by atoms with Crippen molar-refractivity contribution in [1.29, 1.82) is 0 Å². The zero-order chi connectivity index (χ0) is 11.3. The Labute approximate surface area is 97.7 Å². The third kappa shape index (κ3) is 4.40. The molecule has 1 nitrogen and oxygen atoms in total. The van der Waals surface area contributed by atoms with Gasteiger partial charge in [-0.2, -0.15) is 0 Å². The highest BCUT2D eigenvalue weighted by atomic mass is 35.7. The molecule has 1 rings (SSSR count). The van der Waals surface area contributed by atoms with Crippen molar-refractivity contribution in [3.63, 3.8) is 0 Å². The van der Waals surface area contributed by atoms with E-state index in [1.54, 1.807) is 0 Å². The second-order valence-electron chi connectivity index (χ2n) is 3.95. The van der Waals surface area contributed by atoms with Gasteiger partial charge in [-0.3, -0.25) is 4.74 Å². The van der Waals surface area contributed by atoms with E-state index >= 15 is 0 Å². The first-order chi connectivity index (χ1) is 7.07. The average molecular weight is 244 g/mol. The highest BCUT2D eigenvalue weighted by Gasteiger charge is 2.07. The predicted octanol–water partition coefficient (Wildman–Crippen LogP) is 4.75. The molecule has 1 unspecified atom stereocenters. The van der Waals surface area contributed by atoms with Crippen LogP contribution in [0.5, 0.6) is 0 Å². The molecule has 3 heteroatoms. The van der Waals surface area contributed by atoms with Gasteiger partial charge in [0.25, 0.3) is 0 Å². The monoisotopic (exact) mass is 243 g/mol. The summed E-state index contributed by atoms with van der Waals surface area (Å²) in [6, 6.07) is 8.75. The fraction of sp³-hybridized carbons (Fsp3) is 0.500. The van der Waals surface area contributed by atoms with E-state index in [1.807, 2.05) is 7.05 Å². The summed E-state index contributed by atoms with van der Waals surface area (Å²) in [7, 11) is 1.81. The van der Waals surface area contributed by atoms with Crippen LogP contribution in [0.15, 0.2) is 29.0 Å². The normalized spacial score (nSPS) is 14.7. The second kappa shape index (κ2) is 5.72. The molecule has 1 atom stereocenters. The Balaban J connectivity index is 2.73. The van der Waals surface area contributed by atoms with Crippen LogP contribution in [0.2, 0.25) is 0 Å². The molecule has 84 valence electrons. The van der Waals surface area contributed by atoms with Crippen molar-refractivity contribution < 1.29 is 0 Å². The lowest BCUT2D eigenvalue weighted by atomic mass is 10.1. The van der Waals surface area contributed by atoms with Crippen molar-refractivity contribution in [2.45, 2.75) is 25.9 Å². The summed E-state index contributed by atoms with van der Waals surface area (Å²) < 4.78 is 4.25. The summed E-state index contributed by atoms with van der Waals surface area (Å²) in [5.41, 5.74) is 2.70. The number of halogens is 1. The molecule has 0 aliphatic carbocycles. The van der Waals surface area contributed by atoms with Crippen LogP contribution in [0.1, 0.15) is 24.5 Å². The molecule has 0 spiro atoms. The number of rotatable bonds is 4. The van der Waals surface area contributed by atoms with Gasteiger partial charge < -0.3 is 0 Å². The number of nitrogens with zero attached hydrogens (tertiary/aromatic N) is 1. The quantitative estimate of drug-likeness (QED) is 0.677. The van der Waals surface area contributed by atoms with Crippen LogP contribution < -0.4 is 0 Å². The molecule has 0 amide bonds. The molecule has 0 radical (unpaired) electrons. The largest absolute Gasteiger partial charge is 0.291 e. The van der Waals surface area contributed by atoms with Gasteiger partial charge in [0.1, 0.15) is 0 Å². The summed E-state index contributed by atoms with van der Waals surface area (Å²) in [4.78, 5) is 0. The van der Waals surface area contributed by atoms with Gasteiger partial charge >= 0.3 is 0 Å². The first-order valence-electron chi connectivity index (χ1n) is 5.32. The Morgan fingerprint density at radius 1 is 1.20 bits per heavy atom. The SMILES string of the molecule is CCCc1ccc(CP(C)(Cl)=NC)cc1. The summed E-state index contributed by atoms with van der Waals surface area (Å²) in [6.45, 7) is 4.25. The van der Waals surface area contributed by atoms with E-state index < -0.39 is 6.41 Å². The van der Waals surface area contributed by atoms with Crippen molar-refractivity contribution in [1.82, 2.24) is 0 Å². The molecule has 0 N–H and O–H groups in total. The smallest absolute Gasteiger partial charge is 0.0558 e. The zero-order valence-corrected chi connectivity index (χ0v) is 11.4. The van der Waals surface area contributed by atoms with E-state index in [2.05, 4.69) is 42.6 Å². The van der Waals surface area contributed by atoms with E-state index in [1.165, 1.54) is 17.5 Å². The summed E-state index contributed by atoms with van der Waals surface area (Å²) in [6.07, 6.45) is 1.68. The molecule has 15 heavy (non-hydrogen) atoms. The first-order valence-corrected chi connectivity index (χ1v) is 8.59. The molecule has 0 aromatic heterocycles. The number of hydrogen-bond acceptors (Lipinski definition) is 1. The maximum absolute atomic E-state index is 6.30. The zero-order valence-electron chi connectivity index (χ0n) is 9.70. The highest BCUT2D eigenvalue weighted by Crippen LogP contribution is 2.53. The van der Waals surface area contributed by atoms with Gasteiger partial charge in [-0.15, -0.1) is 0 Å². The molecule has 1 aromatic rings. The first kappa shape index (κ1) is 12.8. The summed E-state index contributed by atoms with van der Waals surface area (Å²) in [5, 5.41) is 0. The molecule has 0 saturated heterocycles. The Hall–Kier alpha value is -0.260. The maximum atomic E-state index is 6.30. The summed E-state index contributed by atoms with van der Waals surface area (Å²) in [5.74, 6) is 0. The topological polar surface area (TPSA) is 12.4 Å². The van der Waals surface area contributed by atoms with Crippen LogP contribution in [0.25, 0.3) is 0 Å². The minimum atomic E-state index is -1.58. The standard InChI is InChI=1S/C12H19ClNP/c1-4-5-11-6-8-12(9-7-11)10-15(3,13)14-2/h6-9H,4-5,10H2,1-3H3. The van der Waals surface area contributed by atoms with Gasteiger partial charge in [0.15, 0.2) is 0 Å². The molecule has 1 aromatic carbocycles. The lowest BCUT2D eigenvalue weighted by Crippen LogP contribution is -1.86. The van der Waals surface area contributed by atoms with Crippen LogP contribution in [0.4, 0.5) is 0 Å². The number of hydrogen-bond donors (Lipinski definition) is 0. The van der Waals surface area contributed by atoms with Crippen molar-refractivity contribution in [2.75, 3.05) is 13.7 Å². The van der Waals surface area contributed by atoms with E-state index in [-0.39, 0.29) is 0 Å². The number of benzene rings is 1. The van der Waals surface area contributed by atoms with E-state index in [4.69, 9.17) is 11.2 Å². The van der Waals surface area contributed by atoms with Crippen LogP contribution in [-0.4, -0.2) is 13.7 Å². The number of aryl methyl sites for hydroxylation is 1. The lowest BCUT2D eigenvalue weighted by molar-refractivity contribution is 0.921. The maximum Gasteiger partial charge on any atom is 0.0558 e. The Kier molecular flexibility index (Phi) is 4.89. The van der Waals surface area contributed by atoms with Gasteiger partial charge in [0.05, 0.1) is 6.41 Å². The van der Waals surface area contributed by atoms with Crippen molar-refractivity contribution in [3.05, 3.63) is 35.4 Å². The molecule has 0 saturated carbocycles. The van der Waals surface area contributed by atoms with Crippen molar-refractivity contribution in [3.8, 4) is 0 Å². The van der Waals surface area contributed by atoms with Crippen molar-refractivity contribution >= 4 is 17.6 Å². The fourth-order valence-electron chi connectivity index (χ4n) is 1.50. The van der Waals surface area contributed by atoms with E-state index in [0.717, 1.165) is 12.6 Å². The van der Waals surface area contributed by atoms with Gasteiger partial charge in [0.2, 0.25) is 0 Å². The van der Waals surface area contributed by atoms with Crippen LogP contribution >= 0.6 is 17.6 Å². The van der Waals surface area contributed by atoms with Gasteiger partial charge in [-0.25, -0.2) is 0 Å². The molecule has 0 fully saturated rings. The Morgan fingerprint density at radius 3 is 2.20 bits per heavy atom. The molecule has 0 aliphatic rings. The Morgan fingerprint density at radius 2 is 1.73 bits per heavy atom. The van der Waals surface area contributed by atoms with E-state index in [0.29, 0.717) is 0 Å². The van der Waals surface area contributed by atoms with Crippen LogP contribution in [0, 0.1) is 0 Å². The minimum Gasteiger partial charge on any atom is -0.291 e. The Bertz CT molecular complexity index is 350. The molecular weight excluding hydrogens is 225 g/mol. The fourth-order valence-corrected chi connectivity index (χ4v) is 2.94. The third-order valence-corrected chi connectivity index (χ3v) is 5.04. The van der Waals surface area contributed by atoms with Gasteiger partial charge in [-0.1, -0.05) is 48.9 Å².